The van der Waals surface area contributed by atoms with E-state index in [1.807, 2.05) is 0 Å². The van der Waals surface area contributed by atoms with Crippen molar-refractivity contribution in [3.8, 4) is 0 Å². The number of halogens is 2. The Morgan fingerprint density at radius 1 is 0.605 bits per heavy atom. The standard InChI is InChI=1S/2C7H15NO2.C6H13NO2.CH4O.2ClH.H2O4S/c2*1-10-7(9)5-3-2-4-6-8;7-5-3-1-2-4-6(8)9;1-2;;;1-5(2,3)4/h2*2-6,8H2,1H3;1-5,7H2,(H,8,9);2H,1H3;2*1H;(H2,1,2,3,4). The zero-order valence-electron chi connectivity index (χ0n) is 22.7. The number of ether oxygens (including phenoxy) is 2. The number of carboxylic acids is 1. The average Bonchev–Trinajstić information content (AvgIpc) is 2.83. The van der Waals surface area contributed by atoms with E-state index in [1.54, 1.807) is 0 Å². The SMILES string of the molecule is CO.COC(=O)CCCCCN.COC(=O)CCCCCN.Cl.Cl.NCCCCCC(=O)O.O=S(=O)(O)O. The van der Waals surface area contributed by atoms with Gasteiger partial charge in [0.2, 0.25) is 0 Å². The third kappa shape index (κ3) is 92.0. The molecule has 0 atom stereocenters. The summed E-state index contributed by atoms with van der Waals surface area (Å²) in [5.74, 6) is -0.971. The Morgan fingerprint density at radius 2 is 0.842 bits per heavy atom. The fourth-order valence-electron chi connectivity index (χ4n) is 1.98. The Bertz CT molecular complexity index is 557. The molecule has 0 bridgehead atoms. The molecule has 0 saturated carbocycles. The number of rotatable bonds is 15. The van der Waals surface area contributed by atoms with Gasteiger partial charge in [0.25, 0.3) is 0 Å². The maximum Gasteiger partial charge on any atom is 0.394 e. The van der Waals surface area contributed by atoms with Gasteiger partial charge in [0.05, 0.1) is 14.2 Å². The minimum Gasteiger partial charge on any atom is -0.481 e. The first-order valence-electron chi connectivity index (χ1n) is 11.5. The number of carboxylic acid groups (broad SMARTS) is 1. The van der Waals surface area contributed by atoms with Gasteiger partial charge in [-0.05, 0) is 58.2 Å². The highest BCUT2D eigenvalue weighted by molar-refractivity contribution is 7.79. The maximum atomic E-state index is 10.5. The number of methoxy groups -OCH3 is 2. The Kier molecular flexibility index (Phi) is 63.6. The van der Waals surface area contributed by atoms with E-state index in [0.717, 1.165) is 64.9 Å². The van der Waals surface area contributed by atoms with Gasteiger partial charge in [0.15, 0.2) is 0 Å². The molecule has 0 aromatic heterocycles. The van der Waals surface area contributed by atoms with Crippen molar-refractivity contribution >= 4 is 53.1 Å². The van der Waals surface area contributed by atoms with Gasteiger partial charge in [0.1, 0.15) is 0 Å². The predicted octanol–water partition coefficient (Wildman–Crippen LogP) is 1.75. The lowest BCUT2D eigenvalue weighted by molar-refractivity contribution is -0.141. The first-order valence-corrected chi connectivity index (χ1v) is 12.9. The molecule has 0 rings (SSSR count). The van der Waals surface area contributed by atoms with Crippen LogP contribution in [0.3, 0.4) is 0 Å². The molecule has 0 spiro atoms. The summed E-state index contributed by atoms with van der Waals surface area (Å²) in [6.07, 6.45) is 9.77. The number of hydrogen-bond acceptors (Lipinski definition) is 11. The number of aliphatic hydroxyl groups excluding tert-OH is 1. The Hall–Kier alpha value is -1.30. The van der Waals surface area contributed by atoms with E-state index in [1.165, 1.54) is 14.2 Å². The van der Waals surface area contributed by atoms with Crippen molar-refractivity contribution in [2.75, 3.05) is 41.0 Å². The second kappa shape index (κ2) is 45.6. The van der Waals surface area contributed by atoms with Crippen LogP contribution in [-0.4, -0.2) is 86.6 Å². The van der Waals surface area contributed by atoms with Crippen molar-refractivity contribution in [2.45, 2.75) is 77.0 Å². The van der Waals surface area contributed by atoms with E-state index in [-0.39, 0.29) is 43.2 Å². The number of aliphatic carboxylic acids is 1. The van der Waals surface area contributed by atoms with Gasteiger partial charge in [-0.1, -0.05) is 19.3 Å². The molecule has 0 saturated heterocycles. The first-order chi connectivity index (χ1) is 16.9. The van der Waals surface area contributed by atoms with Gasteiger partial charge >= 0.3 is 28.3 Å². The highest BCUT2D eigenvalue weighted by Crippen LogP contribution is 2.00. The number of hydrogen-bond donors (Lipinski definition) is 7. The highest BCUT2D eigenvalue weighted by atomic mass is 35.5. The molecule has 0 aliphatic rings. The number of nitrogens with two attached hydrogens (primary N) is 3. The van der Waals surface area contributed by atoms with Crippen molar-refractivity contribution < 1.29 is 51.6 Å². The molecule has 14 nitrogen and oxygen atoms in total. The second-order valence-corrected chi connectivity index (χ2v) is 7.69. The monoisotopic (exact) mass is 623 g/mol. The summed E-state index contributed by atoms with van der Waals surface area (Å²) in [6, 6.07) is 0. The van der Waals surface area contributed by atoms with E-state index in [0.29, 0.717) is 32.5 Å². The van der Waals surface area contributed by atoms with Crippen LogP contribution in [0.1, 0.15) is 77.0 Å². The number of esters is 2. The summed E-state index contributed by atoms with van der Waals surface area (Å²) in [5.41, 5.74) is 15.7. The third-order valence-corrected chi connectivity index (χ3v) is 3.72. The third-order valence-electron chi connectivity index (χ3n) is 3.72. The molecule has 0 heterocycles. The minimum atomic E-state index is -4.67. The molecule has 0 aliphatic carbocycles. The lowest BCUT2D eigenvalue weighted by Gasteiger charge is -1.97. The van der Waals surface area contributed by atoms with Gasteiger partial charge in [-0.3, -0.25) is 23.5 Å². The van der Waals surface area contributed by atoms with Crippen molar-refractivity contribution in [3.05, 3.63) is 0 Å². The molecule has 0 fully saturated rings. The quantitative estimate of drug-likeness (QED) is 0.0777. The van der Waals surface area contributed by atoms with Crippen molar-refractivity contribution in [1.29, 1.82) is 0 Å². The molecule has 236 valence electrons. The van der Waals surface area contributed by atoms with Gasteiger partial charge < -0.3 is 36.9 Å². The van der Waals surface area contributed by atoms with Gasteiger partial charge in [0, 0.05) is 26.4 Å². The summed E-state index contributed by atoms with van der Waals surface area (Å²) < 4.78 is 40.5. The number of carbonyl (C=O) groups is 3. The molecular weight excluding hydrogens is 573 g/mol. The maximum absolute atomic E-state index is 10.5. The molecule has 0 radical (unpaired) electrons. The van der Waals surface area contributed by atoms with E-state index in [9.17, 15) is 14.4 Å². The second-order valence-electron chi connectivity index (χ2n) is 6.79. The Labute approximate surface area is 239 Å². The highest BCUT2D eigenvalue weighted by Gasteiger charge is 1.98. The van der Waals surface area contributed by atoms with Crippen LogP contribution >= 0.6 is 24.8 Å². The smallest absolute Gasteiger partial charge is 0.394 e. The molecule has 0 unspecified atom stereocenters. The summed E-state index contributed by atoms with van der Waals surface area (Å²) in [7, 11) is -0.851. The van der Waals surface area contributed by atoms with Gasteiger partial charge in [-0.2, -0.15) is 8.42 Å². The van der Waals surface area contributed by atoms with Crippen LogP contribution in [0.4, 0.5) is 0 Å². The number of aliphatic hydroxyl groups is 1. The van der Waals surface area contributed by atoms with Crippen LogP contribution in [0.5, 0.6) is 0 Å². The fourth-order valence-corrected chi connectivity index (χ4v) is 1.98. The van der Waals surface area contributed by atoms with Crippen molar-refractivity contribution in [1.82, 2.24) is 0 Å². The summed E-state index contributed by atoms with van der Waals surface area (Å²) >= 11 is 0. The average molecular weight is 625 g/mol. The van der Waals surface area contributed by atoms with Crippen molar-refractivity contribution in [2.24, 2.45) is 17.2 Å². The normalized spacial score (nSPS) is 8.87. The molecule has 17 heteroatoms. The van der Waals surface area contributed by atoms with Crippen molar-refractivity contribution in [3.63, 3.8) is 0 Å². The van der Waals surface area contributed by atoms with Crippen LogP contribution < -0.4 is 17.2 Å². The van der Waals surface area contributed by atoms with E-state index in [4.69, 9.17) is 44.9 Å². The van der Waals surface area contributed by atoms with E-state index < -0.39 is 16.4 Å². The van der Waals surface area contributed by atoms with Crippen LogP contribution in [-0.2, 0) is 34.3 Å². The van der Waals surface area contributed by atoms with Crippen LogP contribution in [0.2, 0.25) is 0 Å². The zero-order valence-corrected chi connectivity index (χ0v) is 25.2. The van der Waals surface area contributed by atoms with E-state index >= 15 is 0 Å². The fraction of sp³-hybridized carbons (Fsp3) is 0.857. The lowest BCUT2D eigenvalue weighted by Crippen LogP contribution is -2.01. The van der Waals surface area contributed by atoms with E-state index in [2.05, 4.69) is 9.47 Å². The molecule has 0 aromatic rings. The molecular formula is C21H51Cl2N3O11S. The Balaban J connectivity index is -0.0000000662. The van der Waals surface area contributed by atoms with Crippen LogP contribution in [0.25, 0.3) is 0 Å². The number of unbranched alkanes of at least 4 members (excludes halogenated alkanes) is 6. The Morgan fingerprint density at radius 3 is 1.03 bits per heavy atom. The lowest BCUT2D eigenvalue weighted by atomic mass is 10.2. The topological polar surface area (TPSA) is 263 Å². The predicted molar refractivity (Wildman–Crippen MR) is 151 cm³/mol. The summed E-state index contributed by atoms with van der Waals surface area (Å²) in [4.78, 5) is 31.0. The first kappa shape index (κ1) is 53.0. The zero-order chi connectivity index (χ0) is 29.3. The largest absolute Gasteiger partial charge is 0.481 e. The number of carbonyl (C=O) groups excluding carboxylic acids is 2. The minimum absolute atomic E-state index is 0. The molecule has 10 N–H and O–H groups in total. The van der Waals surface area contributed by atoms with Crippen LogP contribution in [0.15, 0.2) is 0 Å². The van der Waals surface area contributed by atoms with Gasteiger partial charge in [-0.25, -0.2) is 0 Å². The van der Waals surface area contributed by atoms with Gasteiger partial charge in [-0.15, -0.1) is 24.8 Å². The van der Waals surface area contributed by atoms with Crippen LogP contribution in [0, 0.1) is 0 Å². The summed E-state index contributed by atoms with van der Waals surface area (Å²) in [6.45, 7) is 2.09. The molecule has 0 aromatic carbocycles. The molecule has 0 amide bonds. The summed E-state index contributed by atoms with van der Waals surface area (Å²) in [5, 5.41) is 15.2. The molecule has 0 aliphatic heterocycles. The molecule has 38 heavy (non-hydrogen) atoms.